The summed E-state index contributed by atoms with van der Waals surface area (Å²) in [6.45, 7) is -0.146. The molecule has 1 atom stereocenters. The van der Waals surface area contributed by atoms with Gasteiger partial charge in [-0.25, -0.2) is 0 Å². The number of methoxy groups -OCH3 is 1. The Balaban J connectivity index is 1.64. The minimum atomic E-state index is -0.765. The average molecular weight is 556 g/mol. The Bertz CT molecular complexity index is 1230. The Hall–Kier alpha value is -3.22. The molecule has 3 aromatic rings. The number of carbonyl (C=O) groups excluding carboxylic acids is 2. The van der Waals surface area contributed by atoms with Gasteiger partial charge in [-0.05, 0) is 48.2 Å². The maximum absolute atomic E-state index is 13.8. The minimum Gasteiger partial charge on any atom is -0.493 e. The second-order valence-corrected chi connectivity index (χ2v) is 10.2. The van der Waals surface area contributed by atoms with E-state index in [-0.39, 0.29) is 31.0 Å². The molecule has 0 radical (unpaired) electrons. The predicted molar refractivity (Wildman–Crippen MR) is 150 cm³/mol. The average Bonchev–Trinajstić information content (AvgIpc) is 3.44. The van der Waals surface area contributed by atoms with Gasteiger partial charge in [0.05, 0.1) is 7.11 Å². The molecule has 8 heteroatoms. The van der Waals surface area contributed by atoms with E-state index in [0.717, 1.165) is 31.2 Å². The van der Waals surface area contributed by atoms with Gasteiger partial charge in [0.2, 0.25) is 5.91 Å². The maximum Gasteiger partial charge on any atom is 0.261 e. The molecule has 0 bridgehead atoms. The van der Waals surface area contributed by atoms with E-state index in [2.05, 4.69) is 5.32 Å². The number of benzene rings is 3. The monoisotopic (exact) mass is 554 g/mol. The summed E-state index contributed by atoms with van der Waals surface area (Å²) in [7, 11) is 1.54. The molecule has 0 aromatic heterocycles. The van der Waals surface area contributed by atoms with E-state index < -0.39 is 6.04 Å². The summed E-state index contributed by atoms with van der Waals surface area (Å²) in [6.07, 6.45) is 4.41. The largest absolute Gasteiger partial charge is 0.493 e. The number of nitrogens with zero attached hydrogens (tertiary/aromatic N) is 1. The first-order valence-electron chi connectivity index (χ1n) is 12.8. The molecule has 200 valence electrons. The Morgan fingerprint density at radius 2 is 1.66 bits per heavy atom. The normalized spacial score (nSPS) is 14.1. The van der Waals surface area contributed by atoms with E-state index in [1.165, 1.54) is 0 Å². The molecule has 38 heavy (non-hydrogen) atoms. The van der Waals surface area contributed by atoms with Crippen LogP contribution in [0.1, 0.15) is 36.8 Å². The minimum absolute atomic E-state index is 0.113. The van der Waals surface area contributed by atoms with Gasteiger partial charge in [0.1, 0.15) is 6.04 Å². The summed E-state index contributed by atoms with van der Waals surface area (Å²) in [5, 5.41) is 4.11. The lowest BCUT2D eigenvalue weighted by atomic mass is 10.0. The highest BCUT2D eigenvalue weighted by Crippen LogP contribution is 2.27. The summed E-state index contributed by atoms with van der Waals surface area (Å²) >= 11 is 12.6. The van der Waals surface area contributed by atoms with Crippen molar-refractivity contribution in [3.05, 3.63) is 94.0 Å². The van der Waals surface area contributed by atoms with Crippen LogP contribution in [0.3, 0.4) is 0 Å². The maximum atomic E-state index is 13.8. The van der Waals surface area contributed by atoms with Gasteiger partial charge in [0.25, 0.3) is 5.91 Å². The number of amides is 2. The number of nitrogens with one attached hydrogen (secondary N) is 1. The van der Waals surface area contributed by atoms with Gasteiger partial charge < -0.3 is 19.7 Å². The van der Waals surface area contributed by atoms with Gasteiger partial charge in [0, 0.05) is 29.1 Å². The van der Waals surface area contributed by atoms with Gasteiger partial charge in [-0.3, -0.25) is 9.59 Å². The van der Waals surface area contributed by atoms with Gasteiger partial charge in [-0.15, -0.1) is 0 Å². The zero-order valence-corrected chi connectivity index (χ0v) is 22.9. The number of hydrogen-bond donors (Lipinski definition) is 1. The first-order chi connectivity index (χ1) is 18.4. The van der Waals surface area contributed by atoms with Crippen molar-refractivity contribution in [2.45, 2.75) is 50.7 Å². The molecule has 1 aliphatic carbocycles. The van der Waals surface area contributed by atoms with Crippen LogP contribution in [-0.4, -0.2) is 42.5 Å². The first-order valence-corrected chi connectivity index (χ1v) is 13.5. The quantitative estimate of drug-likeness (QED) is 0.312. The molecular formula is C30H32Cl2N2O4. The van der Waals surface area contributed by atoms with Crippen LogP contribution in [0, 0.1) is 0 Å². The highest BCUT2D eigenvalue weighted by atomic mass is 35.5. The van der Waals surface area contributed by atoms with Crippen LogP contribution >= 0.6 is 23.2 Å². The second-order valence-electron chi connectivity index (χ2n) is 9.39. The summed E-state index contributed by atoms with van der Waals surface area (Å²) in [5.41, 5.74) is 1.64. The SMILES string of the molecule is COc1ccccc1OCC(=O)N(Cc1ccc(Cl)cc1Cl)C(Cc1ccccc1)C(=O)NC1CCCC1. The van der Waals surface area contributed by atoms with Crippen LogP contribution in [0.2, 0.25) is 10.0 Å². The van der Waals surface area contributed by atoms with Crippen LogP contribution in [-0.2, 0) is 22.6 Å². The highest BCUT2D eigenvalue weighted by Gasteiger charge is 2.33. The van der Waals surface area contributed by atoms with Crippen molar-refractivity contribution in [1.82, 2.24) is 10.2 Å². The van der Waals surface area contributed by atoms with Crippen molar-refractivity contribution in [1.29, 1.82) is 0 Å². The van der Waals surface area contributed by atoms with E-state index in [1.54, 1.807) is 48.4 Å². The predicted octanol–water partition coefficient (Wildman–Crippen LogP) is 6.08. The lowest BCUT2D eigenvalue weighted by Crippen LogP contribution is -2.53. The van der Waals surface area contributed by atoms with E-state index in [0.29, 0.717) is 33.5 Å². The molecule has 1 saturated carbocycles. The van der Waals surface area contributed by atoms with Gasteiger partial charge in [0.15, 0.2) is 18.1 Å². The second kappa shape index (κ2) is 13.5. The van der Waals surface area contributed by atoms with Crippen LogP contribution < -0.4 is 14.8 Å². The van der Waals surface area contributed by atoms with Crippen molar-refractivity contribution in [3.8, 4) is 11.5 Å². The van der Waals surface area contributed by atoms with E-state index in [9.17, 15) is 9.59 Å². The number of para-hydroxylation sites is 2. The Morgan fingerprint density at radius 3 is 2.34 bits per heavy atom. The summed E-state index contributed by atoms with van der Waals surface area (Å²) in [6, 6.07) is 21.3. The van der Waals surface area contributed by atoms with E-state index in [1.807, 2.05) is 36.4 Å². The van der Waals surface area contributed by atoms with E-state index >= 15 is 0 Å². The standard InChI is InChI=1S/C30H32Cl2N2O4/c1-37-27-13-7-8-14-28(27)38-20-29(35)34(19-22-15-16-23(31)18-25(22)32)26(17-21-9-3-2-4-10-21)30(36)33-24-11-5-6-12-24/h2-4,7-10,13-16,18,24,26H,5-6,11-12,17,19-20H2,1H3,(H,33,36). The fraction of sp³-hybridized carbons (Fsp3) is 0.333. The van der Waals surface area contributed by atoms with Crippen molar-refractivity contribution in [3.63, 3.8) is 0 Å². The smallest absolute Gasteiger partial charge is 0.261 e. The molecule has 1 N–H and O–H groups in total. The third-order valence-electron chi connectivity index (χ3n) is 6.75. The first kappa shape index (κ1) is 27.8. The number of carbonyl (C=O) groups is 2. The molecule has 0 heterocycles. The van der Waals surface area contributed by atoms with Gasteiger partial charge in [-0.2, -0.15) is 0 Å². The van der Waals surface area contributed by atoms with Crippen LogP contribution in [0.4, 0.5) is 0 Å². The summed E-state index contributed by atoms with van der Waals surface area (Å²) in [5.74, 6) is 0.441. The fourth-order valence-corrected chi connectivity index (χ4v) is 5.18. The highest BCUT2D eigenvalue weighted by molar-refractivity contribution is 6.35. The number of hydrogen-bond acceptors (Lipinski definition) is 4. The van der Waals surface area contributed by atoms with Gasteiger partial charge >= 0.3 is 0 Å². The Labute approximate surface area is 233 Å². The molecule has 4 rings (SSSR count). The van der Waals surface area contributed by atoms with Crippen molar-refractivity contribution in [2.75, 3.05) is 13.7 Å². The molecule has 0 saturated heterocycles. The Kier molecular flexibility index (Phi) is 9.91. The molecule has 0 aliphatic heterocycles. The molecule has 6 nitrogen and oxygen atoms in total. The molecule has 1 unspecified atom stereocenters. The molecule has 2 amide bonds. The lowest BCUT2D eigenvalue weighted by Gasteiger charge is -2.32. The molecule has 1 aliphatic rings. The zero-order valence-electron chi connectivity index (χ0n) is 21.4. The number of rotatable bonds is 11. The van der Waals surface area contributed by atoms with E-state index in [4.69, 9.17) is 32.7 Å². The Morgan fingerprint density at radius 1 is 0.974 bits per heavy atom. The van der Waals surface area contributed by atoms with Crippen molar-refractivity contribution < 1.29 is 19.1 Å². The fourth-order valence-electron chi connectivity index (χ4n) is 4.72. The van der Waals surface area contributed by atoms with Crippen molar-refractivity contribution in [2.24, 2.45) is 0 Å². The van der Waals surface area contributed by atoms with Crippen LogP contribution in [0.5, 0.6) is 11.5 Å². The van der Waals surface area contributed by atoms with Crippen LogP contribution in [0.15, 0.2) is 72.8 Å². The summed E-state index contributed by atoms with van der Waals surface area (Å²) < 4.78 is 11.2. The van der Waals surface area contributed by atoms with Crippen molar-refractivity contribution >= 4 is 35.0 Å². The third-order valence-corrected chi connectivity index (χ3v) is 7.34. The molecule has 0 spiro atoms. The summed E-state index contributed by atoms with van der Waals surface area (Å²) in [4.78, 5) is 29.1. The zero-order chi connectivity index (χ0) is 26.9. The third kappa shape index (κ3) is 7.42. The topological polar surface area (TPSA) is 67.9 Å². The lowest BCUT2D eigenvalue weighted by molar-refractivity contribution is -0.143. The number of halogens is 2. The van der Waals surface area contributed by atoms with Gasteiger partial charge in [-0.1, -0.05) is 84.6 Å². The number of ether oxygens (including phenoxy) is 2. The molecule has 3 aromatic carbocycles. The molecule has 1 fully saturated rings. The molecular weight excluding hydrogens is 523 g/mol. The van der Waals surface area contributed by atoms with Crippen LogP contribution in [0.25, 0.3) is 0 Å².